The molecule has 4 rings (SSSR count). The highest BCUT2D eigenvalue weighted by Gasteiger charge is 2.30. The minimum Gasteiger partial charge on any atom is -0.502 e. The zero-order chi connectivity index (χ0) is 24.2. The molecule has 1 aliphatic heterocycles. The van der Waals surface area contributed by atoms with Crippen molar-refractivity contribution in [3.8, 4) is 5.75 Å². The molecule has 0 unspecified atom stereocenters. The van der Waals surface area contributed by atoms with Gasteiger partial charge in [-0.2, -0.15) is 0 Å². The summed E-state index contributed by atoms with van der Waals surface area (Å²) >= 11 is 0. The largest absolute Gasteiger partial charge is 0.502 e. The topological polar surface area (TPSA) is 130 Å². The van der Waals surface area contributed by atoms with Gasteiger partial charge in [0, 0.05) is 37.8 Å². The lowest BCUT2D eigenvalue weighted by Crippen LogP contribution is -2.45. The van der Waals surface area contributed by atoms with Crippen LogP contribution in [0.5, 0.6) is 5.75 Å². The zero-order valence-electron chi connectivity index (χ0n) is 18.6. The summed E-state index contributed by atoms with van der Waals surface area (Å²) in [6.45, 7) is 2.51. The molecular weight excluding hydrogens is 444 g/mol. The third-order valence-corrected chi connectivity index (χ3v) is 5.93. The van der Waals surface area contributed by atoms with E-state index in [1.165, 1.54) is 19.4 Å². The number of para-hydroxylation sites is 1. The molecule has 1 aliphatic rings. The first-order valence-corrected chi connectivity index (χ1v) is 10.8. The fourth-order valence-electron chi connectivity index (χ4n) is 4.04. The molecule has 1 aromatic carbocycles. The highest BCUT2D eigenvalue weighted by Crippen LogP contribution is 2.33. The Morgan fingerprint density at radius 1 is 1.21 bits per heavy atom. The van der Waals surface area contributed by atoms with E-state index in [2.05, 4.69) is 0 Å². The number of fused-ring (bicyclic) bond motifs is 1. The number of ether oxygens (including phenoxy) is 1. The standard InChI is InChI=1S/C24H24N2O8/c1-32-21(29)11-17(18-13-33-20-5-3-2-4-16(20)22(18)30)24-23(31)19(28)10-15(34-24)12-25-6-8-26(14-27)9-7-25/h2-5,10,13-14,17,31H,6-9,11-12H2,1H3/t17-/m1/s1. The van der Waals surface area contributed by atoms with Crippen LogP contribution in [0.1, 0.15) is 29.4 Å². The van der Waals surface area contributed by atoms with Gasteiger partial charge in [-0.05, 0) is 12.1 Å². The second kappa shape index (κ2) is 9.92. The number of nitrogens with zero attached hydrogens (tertiary/aromatic N) is 2. The van der Waals surface area contributed by atoms with Crippen LogP contribution in [-0.2, 0) is 20.9 Å². The van der Waals surface area contributed by atoms with Gasteiger partial charge >= 0.3 is 5.97 Å². The lowest BCUT2D eigenvalue weighted by Gasteiger charge is -2.32. The number of hydrogen-bond acceptors (Lipinski definition) is 9. The molecule has 0 aliphatic carbocycles. The molecule has 1 N–H and O–H groups in total. The van der Waals surface area contributed by atoms with Gasteiger partial charge in [-0.25, -0.2) is 0 Å². The predicted molar refractivity (Wildman–Crippen MR) is 121 cm³/mol. The van der Waals surface area contributed by atoms with Crippen molar-refractivity contribution in [2.75, 3.05) is 33.3 Å². The number of benzene rings is 1. The van der Waals surface area contributed by atoms with Gasteiger partial charge in [0.25, 0.3) is 0 Å². The van der Waals surface area contributed by atoms with Crippen LogP contribution in [0.2, 0.25) is 0 Å². The number of piperazine rings is 1. The number of carbonyl (C=O) groups excluding carboxylic acids is 2. The second-order valence-electron chi connectivity index (χ2n) is 8.06. The van der Waals surface area contributed by atoms with E-state index in [9.17, 15) is 24.3 Å². The van der Waals surface area contributed by atoms with Gasteiger partial charge in [-0.1, -0.05) is 12.1 Å². The molecule has 34 heavy (non-hydrogen) atoms. The van der Waals surface area contributed by atoms with E-state index in [0.717, 1.165) is 6.41 Å². The van der Waals surface area contributed by atoms with Crippen LogP contribution in [0, 0.1) is 0 Å². The fraction of sp³-hybridized carbons (Fsp3) is 0.333. The van der Waals surface area contributed by atoms with Crippen molar-refractivity contribution in [3.05, 3.63) is 74.1 Å². The Bertz CT molecular complexity index is 1320. The lowest BCUT2D eigenvalue weighted by atomic mass is 9.92. The maximum absolute atomic E-state index is 13.2. The highest BCUT2D eigenvalue weighted by molar-refractivity contribution is 5.77. The third-order valence-electron chi connectivity index (χ3n) is 5.93. The molecule has 0 radical (unpaired) electrons. The monoisotopic (exact) mass is 468 g/mol. The third kappa shape index (κ3) is 4.72. The molecule has 1 amide bonds. The van der Waals surface area contributed by atoms with Crippen LogP contribution >= 0.6 is 0 Å². The average molecular weight is 468 g/mol. The van der Waals surface area contributed by atoms with E-state index >= 15 is 0 Å². The van der Waals surface area contributed by atoms with Gasteiger partial charge < -0.3 is 23.6 Å². The molecule has 1 saturated heterocycles. The summed E-state index contributed by atoms with van der Waals surface area (Å²) in [5.74, 6) is -2.39. The van der Waals surface area contributed by atoms with Crippen LogP contribution in [-0.4, -0.2) is 60.6 Å². The Morgan fingerprint density at radius 3 is 2.65 bits per heavy atom. The molecular formula is C24H24N2O8. The van der Waals surface area contributed by atoms with Crippen molar-refractivity contribution in [1.82, 2.24) is 9.80 Å². The van der Waals surface area contributed by atoms with Crippen molar-refractivity contribution in [2.24, 2.45) is 0 Å². The first-order valence-electron chi connectivity index (χ1n) is 10.8. The minimum atomic E-state index is -1.10. The maximum atomic E-state index is 13.2. The number of hydrogen-bond donors (Lipinski definition) is 1. The molecule has 10 nitrogen and oxygen atoms in total. The fourth-order valence-corrected chi connectivity index (χ4v) is 4.04. The highest BCUT2D eigenvalue weighted by atomic mass is 16.5. The minimum absolute atomic E-state index is 0.0549. The van der Waals surface area contributed by atoms with E-state index in [0.29, 0.717) is 37.1 Å². The van der Waals surface area contributed by atoms with Crippen molar-refractivity contribution in [1.29, 1.82) is 0 Å². The van der Waals surface area contributed by atoms with Gasteiger partial charge in [0.2, 0.25) is 17.6 Å². The van der Waals surface area contributed by atoms with Crippen LogP contribution in [0.15, 0.2) is 55.0 Å². The van der Waals surface area contributed by atoms with Crippen LogP contribution in [0.25, 0.3) is 11.0 Å². The van der Waals surface area contributed by atoms with E-state index in [-0.39, 0.29) is 30.0 Å². The predicted octanol–water partition coefficient (Wildman–Crippen LogP) is 1.42. The number of rotatable bonds is 7. The molecule has 3 aromatic rings. The van der Waals surface area contributed by atoms with Crippen molar-refractivity contribution in [3.63, 3.8) is 0 Å². The van der Waals surface area contributed by atoms with Crippen LogP contribution in [0.3, 0.4) is 0 Å². The lowest BCUT2D eigenvalue weighted by molar-refractivity contribution is -0.141. The molecule has 0 saturated carbocycles. The Kier molecular flexibility index (Phi) is 6.78. The summed E-state index contributed by atoms with van der Waals surface area (Å²) in [7, 11) is 1.20. The van der Waals surface area contributed by atoms with E-state index in [1.807, 2.05) is 4.90 Å². The molecule has 178 valence electrons. The normalized spacial score (nSPS) is 15.3. The van der Waals surface area contributed by atoms with E-state index in [1.54, 1.807) is 29.2 Å². The van der Waals surface area contributed by atoms with Crippen molar-refractivity contribution in [2.45, 2.75) is 18.9 Å². The maximum Gasteiger partial charge on any atom is 0.306 e. The molecule has 1 atom stereocenters. The Morgan fingerprint density at radius 2 is 1.94 bits per heavy atom. The summed E-state index contributed by atoms with van der Waals surface area (Å²) in [6, 6.07) is 7.81. The van der Waals surface area contributed by atoms with Crippen molar-refractivity contribution >= 4 is 23.3 Å². The van der Waals surface area contributed by atoms with Gasteiger partial charge in [-0.15, -0.1) is 0 Å². The summed E-state index contributed by atoms with van der Waals surface area (Å²) in [4.78, 5) is 52.6. The van der Waals surface area contributed by atoms with Gasteiger partial charge in [-0.3, -0.25) is 24.1 Å². The van der Waals surface area contributed by atoms with Gasteiger partial charge in [0.05, 0.1) is 37.6 Å². The second-order valence-corrected chi connectivity index (χ2v) is 8.06. The van der Waals surface area contributed by atoms with Crippen molar-refractivity contribution < 1.29 is 28.3 Å². The number of carbonyl (C=O) groups is 2. The zero-order valence-corrected chi connectivity index (χ0v) is 18.6. The number of amides is 1. The first-order chi connectivity index (χ1) is 16.4. The molecule has 10 heteroatoms. The van der Waals surface area contributed by atoms with Crippen LogP contribution < -0.4 is 10.9 Å². The first kappa shape index (κ1) is 23.2. The molecule has 3 heterocycles. The van der Waals surface area contributed by atoms with Crippen LogP contribution in [0.4, 0.5) is 0 Å². The Hall–Kier alpha value is -3.92. The number of aromatic hydroxyl groups is 1. The summed E-state index contributed by atoms with van der Waals surface area (Å²) in [6.07, 6.45) is 1.66. The van der Waals surface area contributed by atoms with Gasteiger partial charge in [0.1, 0.15) is 11.3 Å². The quantitative estimate of drug-likeness (QED) is 0.404. The Balaban J connectivity index is 1.75. The van der Waals surface area contributed by atoms with Gasteiger partial charge in [0.15, 0.2) is 11.2 Å². The smallest absolute Gasteiger partial charge is 0.306 e. The average Bonchev–Trinajstić information content (AvgIpc) is 2.86. The molecule has 0 bridgehead atoms. The molecule has 1 fully saturated rings. The SMILES string of the molecule is COC(=O)C[C@@H](c1oc(CN2CCN(C=O)CC2)cc(=O)c1O)c1coc2ccccc2c1=O. The Labute approximate surface area is 193 Å². The number of esters is 1. The molecule has 2 aromatic heterocycles. The van der Waals surface area contributed by atoms with E-state index in [4.69, 9.17) is 13.6 Å². The molecule has 0 spiro atoms. The summed E-state index contributed by atoms with van der Waals surface area (Å²) < 4.78 is 16.3. The van der Waals surface area contributed by atoms with E-state index < -0.39 is 28.5 Å². The number of methoxy groups -OCH3 is 1. The summed E-state index contributed by atoms with van der Waals surface area (Å²) in [5, 5.41) is 10.9. The summed E-state index contributed by atoms with van der Waals surface area (Å²) in [5.41, 5.74) is -0.683.